The Bertz CT molecular complexity index is 271. The van der Waals surface area contributed by atoms with Crippen molar-refractivity contribution in [2.75, 3.05) is 0 Å². The van der Waals surface area contributed by atoms with Gasteiger partial charge in [-0.3, -0.25) is 0 Å². The molecule has 1 aromatic heterocycles. The lowest BCUT2D eigenvalue weighted by atomic mass is 9.81. The molecule has 0 saturated carbocycles. The molecule has 0 atom stereocenters. The summed E-state index contributed by atoms with van der Waals surface area (Å²) in [4.78, 5) is 3.29. The number of pyridine rings is 1. The largest absolute Gasteiger partial charge is 0.489 e. The molecule has 0 amide bonds. The molecule has 0 saturated heterocycles. The molecule has 6 heteroatoms. The highest BCUT2D eigenvalue weighted by Crippen LogP contribution is 2.08. The van der Waals surface area contributed by atoms with Crippen LogP contribution >= 0.6 is 15.9 Å². The summed E-state index contributed by atoms with van der Waals surface area (Å²) in [5.74, 6) is -0.754. The molecular weight excluding hydrogens is 216 g/mol. The van der Waals surface area contributed by atoms with Crippen LogP contribution in [0.15, 0.2) is 16.7 Å². The van der Waals surface area contributed by atoms with Crippen LogP contribution in [0.4, 0.5) is 4.39 Å². The van der Waals surface area contributed by atoms with E-state index in [0.29, 0.717) is 0 Å². The van der Waals surface area contributed by atoms with Crippen molar-refractivity contribution in [2.24, 2.45) is 0 Å². The highest BCUT2D eigenvalue weighted by atomic mass is 79.9. The summed E-state index contributed by atoms with van der Waals surface area (Å²) < 4.78 is 12.5. The van der Waals surface area contributed by atoms with E-state index in [1.165, 1.54) is 6.07 Å². The number of nitrogens with zero attached hydrogens (tertiary/aromatic N) is 1. The first-order valence-electron chi connectivity index (χ1n) is 2.79. The quantitative estimate of drug-likeness (QED) is 0.502. The molecule has 3 nitrogen and oxygen atoms in total. The predicted molar refractivity (Wildman–Crippen MR) is 41.7 cm³/mol. The molecule has 2 N–H and O–H groups in total. The van der Waals surface area contributed by atoms with Crippen LogP contribution < -0.4 is 5.46 Å². The van der Waals surface area contributed by atoms with E-state index < -0.39 is 13.1 Å². The van der Waals surface area contributed by atoms with Crippen molar-refractivity contribution in [1.82, 2.24) is 4.98 Å². The second kappa shape index (κ2) is 3.29. The minimum absolute atomic E-state index is 0.0185. The van der Waals surface area contributed by atoms with Gasteiger partial charge >= 0.3 is 7.12 Å². The van der Waals surface area contributed by atoms with Gasteiger partial charge in [-0.05, 0) is 22.0 Å². The Morgan fingerprint density at radius 3 is 2.64 bits per heavy atom. The van der Waals surface area contributed by atoms with E-state index >= 15 is 0 Å². The monoisotopic (exact) mass is 219 g/mol. The lowest BCUT2D eigenvalue weighted by Gasteiger charge is -2.01. The Morgan fingerprint density at radius 1 is 1.55 bits per heavy atom. The van der Waals surface area contributed by atoms with Gasteiger partial charge in [-0.25, -0.2) is 4.98 Å². The summed E-state index contributed by atoms with van der Waals surface area (Å²) in [6.07, 6.45) is 1.16. The van der Waals surface area contributed by atoms with Gasteiger partial charge in [0.1, 0.15) is 0 Å². The second-order valence-electron chi connectivity index (χ2n) is 1.88. The summed E-state index contributed by atoms with van der Waals surface area (Å²) in [7, 11) is -1.68. The van der Waals surface area contributed by atoms with Gasteiger partial charge in [0.15, 0.2) is 0 Å². The van der Waals surface area contributed by atoms with E-state index in [-0.39, 0.29) is 9.94 Å². The molecule has 0 bridgehead atoms. The highest BCUT2D eigenvalue weighted by molar-refractivity contribution is 9.10. The van der Waals surface area contributed by atoms with Crippen LogP contribution in [0.5, 0.6) is 0 Å². The van der Waals surface area contributed by atoms with Crippen molar-refractivity contribution in [3.63, 3.8) is 0 Å². The summed E-state index contributed by atoms with van der Waals surface area (Å²) in [5, 5.41) is 17.3. The van der Waals surface area contributed by atoms with Crippen molar-refractivity contribution in [3.05, 3.63) is 22.7 Å². The van der Waals surface area contributed by atoms with E-state index in [4.69, 9.17) is 10.0 Å². The Hall–Kier alpha value is -0.455. The first-order chi connectivity index (χ1) is 5.13. The fourth-order valence-corrected chi connectivity index (χ4v) is 1.07. The average Bonchev–Trinajstić information content (AvgIpc) is 1.94. The Labute approximate surface area is 71.2 Å². The molecule has 11 heavy (non-hydrogen) atoms. The van der Waals surface area contributed by atoms with Gasteiger partial charge in [-0.2, -0.15) is 4.39 Å². The van der Waals surface area contributed by atoms with Crippen molar-refractivity contribution in [2.45, 2.75) is 0 Å². The van der Waals surface area contributed by atoms with Crippen LogP contribution in [0.1, 0.15) is 0 Å². The van der Waals surface area contributed by atoms with Crippen LogP contribution in [0.2, 0.25) is 0 Å². The second-order valence-corrected chi connectivity index (χ2v) is 2.67. The van der Waals surface area contributed by atoms with Gasteiger partial charge in [0, 0.05) is 11.7 Å². The van der Waals surface area contributed by atoms with Crippen LogP contribution in [-0.4, -0.2) is 22.2 Å². The van der Waals surface area contributed by atoms with Crippen LogP contribution in [0, 0.1) is 5.95 Å². The molecule has 0 radical (unpaired) electrons. The zero-order valence-electron chi connectivity index (χ0n) is 5.33. The summed E-state index contributed by atoms with van der Waals surface area (Å²) >= 11 is 2.82. The lowest BCUT2D eigenvalue weighted by molar-refractivity contribution is 0.424. The molecule has 0 aliphatic carbocycles. The van der Waals surface area contributed by atoms with E-state index in [0.717, 1.165) is 6.20 Å². The van der Waals surface area contributed by atoms with E-state index in [1.807, 2.05) is 0 Å². The van der Waals surface area contributed by atoms with E-state index in [2.05, 4.69) is 20.9 Å². The number of halogens is 2. The normalized spacial score (nSPS) is 9.82. The zero-order valence-corrected chi connectivity index (χ0v) is 6.92. The molecule has 0 spiro atoms. The Kier molecular flexibility index (Phi) is 2.59. The topological polar surface area (TPSA) is 53.4 Å². The van der Waals surface area contributed by atoms with Crippen LogP contribution in [0.3, 0.4) is 0 Å². The molecule has 0 aliphatic heterocycles. The molecule has 58 valence electrons. The van der Waals surface area contributed by atoms with E-state index in [1.54, 1.807) is 0 Å². The van der Waals surface area contributed by atoms with Gasteiger partial charge in [0.2, 0.25) is 5.95 Å². The van der Waals surface area contributed by atoms with Gasteiger partial charge in [-0.15, -0.1) is 0 Å². The summed E-state index contributed by atoms with van der Waals surface area (Å²) in [6.45, 7) is 0. The average molecular weight is 220 g/mol. The minimum Gasteiger partial charge on any atom is -0.423 e. The molecule has 0 unspecified atom stereocenters. The zero-order chi connectivity index (χ0) is 8.43. The number of hydrogen-bond donors (Lipinski definition) is 2. The number of hydrogen-bond acceptors (Lipinski definition) is 3. The van der Waals surface area contributed by atoms with Crippen molar-refractivity contribution in [3.8, 4) is 0 Å². The molecule has 0 aromatic carbocycles. The van der Waals surface area contributed by atoms with Gasteiger partial charge in [-0.1, -0.05) is 0 Å². The fraction of sp³-hybridized carbons (Fsp3) is 0. The van der Waals surface area contributed by atoms with Gasteiger partial charge < -0.3 is 10.0 Å². The first kappa shape index (κ1) is 8.64. The van der Waals surface area contributed by atoms with Crippen LogP contribution in [-0.2, 0) is 0 Å². The third-order valence-corrected chi connectivity index (χ3v) is 1.94. The Balaban J connectivity index is 3.17. The summed E-state index contributed by atoms with van der Waals surface area (Å²) in [5.41, 5.74) is 0.0671. The maximum atomic E-state index is 12.6. The third-order valence-electron chi connectivity index (χ3n) is 1.15. The molecule has 1 rings (SSSR count). The Morgan fingerprint density at radius 2 is 2.18 bits per heavy atom. The molecule has 1 aromatic rings. The predicted octanol–water partition coefficient (Wildman–Crippen LogP) is -0.337. The van der Waals surface area contributed by atoms with Crippen molar-refractivity contribution in [1.29, 1.82) is 0 Å². The van der Waals surface area contributed by atoms with Gasteiger partial charge in [0.25, 0.3) is 0 Å². The third kappa shape index (κ3) is 1.77. The molecule has 1 heterocycles. The van der Waals surface area contributed by atoms with Gasteiger partial charge in [0.05, 0.1) is 4.47 Å². The fourth-order valence-electron chi connectivity index (χ4n) is 0.631. The molecule has 0 fully saturated rings. The molecular formula is C5H4BBrFNO2. The maximum Gasteiger partial charge on any atom is 0.489 e. The SMILES string of the molecule is OB(O)c1ccnc(F)c1Br. The highest BCUT2D eigenvalue weighted by Gasteiger charge is 2.17. The lowest BCUT2D eigenvalue weighted by Crippen LogP contribution is -2.31. The minimum atomic E-state index is -1.68. The van der Waals surface area contributed by atoms with Crippen LogP contribution in [0.25, 0.3) is 0 Å². The number of rotatable bonds is 1. The maximum absolute atomic E-state index is 12.6. The smallest absolute Gasteiger partial charge is 0.423 e. The molecule has 0 aliphatic rings. The van der Waals surface area contributed by atoms with Crippen molar-refractivity contribution >= 4 is 28.5 Å². The van der Waals surface area contributed by atoms with Crippen molar-refractivity contribution < 1.29 is 14.4 Å². The van der Waals surface area contributed by atoms with E-state index in [9.17, 15) is 4.39 Å². The first-order valence-corrected chi connectivity index (χ1v) is 3.58. The summed E-state index contributed by atoms with van der Waals surface area (Å²) in [6, 6.07) is 1.32. The number of aromatic nitrogens is 1. The standard InChI is InChI=1S/C5H4BBrFNO2/c7-4-3(6(10)11)1-2-9-5(4)8/h1-2,10-11H.